The van der Waals surface area contributed by atoms with Crippen LogP contribution in [0.25, 0.3) is 0 Å². The van der Waals surface area contributed by atoms with Crippen LogP contribution in [0.4, 0.5) is 0 Å². The van der Waals surface area contributed by atoms with E-state index < -0.39 is 0 Å². The molecule has 0 saturated heterocycles. The lowest BCUT2D eigenvalue weighted by Gasteiger charge is -1.91. The first kappa shape index (κ1) is 9.84. The van der Waals surface area contributed by atoms with E-state index in [2.05, 4.69) is 0 Å². The number of rotatable bonds is 1. The zero-order valence-corrected chi connectivity index (χ0v) is 7.95. The second-order valence-corrected chi connectivity index (χ2v) is 1.96. The van der Waals surface area contributed by atoms with Gasteiger partial charge in [-0.1, -0.05) is 6.07 Å². The Morgan fingerprint density at radius 1 is 1.50 bits per heavy atom. The number of aliphatic hydroxyl groups excluding tert-OH is 1. The van der Waals surface area contributed by atoms with Crippen molar-refractivity contribution in [2.45, 2.75) is 6.61 Å². The molecule has 1 aromatic rings. The Kier molecular flexibility index (Phi) is 4.55. The van der Waals surface area contributed by atoms with E-state index >= 15 is 0 Å². The normalized spacial score (nSPS) is 8.60. The molecule has 10 heavy (non-hydrogen) atoms. The van der Waals surface area contributed by atoms with Crippen molar-refractivity contribution in [2.24, 2.45) is 7.05 Å². The van der Waals surface area contributed by atoms with Crippen molar-refractivity contribution < 1.29 is 33.7 Å². The van der Waals surface area contributed by atoms with Crippen LogP contribution in [-0.2, 0) is 13.7 Å². The van der Waals surface area contributed by atoms with Crippen molar-refractivity contribution in [3.05, 3.63) is 30.1 Å². The molecule has 0 radical (unpaired) electrons. The van der Waals surface area contributed by atoms with E-state index in [1.807, 2.05) is 36.0 Å². The van der Waals surface area contributed by atoms with E-state index in [1.165, 1.54) is 0 Å². The predicted molar refractivity (Wildman–Crippen MR) is 33.5 cm³/mol. The maximum atomic E-state index is 8.70. The fourth-order valence-corrected chi connectivity index (χ4v) is 0.723. The molecular formula is C7H10INO. The van der Waals surface area contributed by atoms with Gasteiger partial charge in [-0.25, -0.2) is 4.57 Å². The minimum absolute atomic E-state index is 0. The standard InChI is InChI=1S/C7H10NO.HI/c1-8-5-3-2-4-7(8)6-9;/h2-5,9H,6H2,1H3;1H/q+1;/p-1. The van der Waals surface area contributed by atoms with Crippen LogP contribution < -0.4 is 28.5 Å². The topological polar surface area (TPSA) is 24.1 Å². The fraction of sp³-hybridized carbons (Fsp3) is 0.286. The Hall–Kier alpha value is -0.160. The number of aryl methyl sites for hydroxylation is 1. The molecule has 0 unspecified atom stereocenters. The van der Waals surface area contributed by atoms with E-state index in [0.717, 1.165) is 5.69 Å². The number of aromatic nitrogens is 1. The van der Waals surface area contributed by atoms with Crippen molar-refractivity contribution in [3.63, 3.8) is 0 Å². The van der Waals surface area contributed by atoms with Crippen molar-refractivity contribution in [3.8, 4) is 0 Å². The van der Waals surface area contributed by atoms with Gasteiger partial charge in [0.15, 0.2) is 6.20 Å². The molecule has 1 heterocycles. The average molecular weight is 251 g/mol. The first-order valence-electron chi connectivity index (χ1n) is 2.89. The third-order valence-corrected chi connectivity index (χ3v) is 1.32. The minimum Gasteiger partial charge on any atom is -1.00 e. The molecule has 0 saturated carbocycles. The van der Waals surface area contributed by atoms with Crippen LogP contribution in [0.1, 0.15) is 5.69 Å². The Bertz CT molecular complexity index is 203. The zero-order chi connectivity index (χ0) is 6.69. The molecule has 0 bridgehead atoms. The van der Waals surface area contributed by atoms with Crippen LogP contribution in [-0.4, -0.2) is 5.11 Å². The molecule has 0 aliphatic heterocycles. The van der Waals surface area contributed by atoms with E-state index in [0.29, 0.717) is 0 Å². The molecule has 1 rings (SSSR count). The van der Waals surface area contributed by atoms with Crippen molar-refractivity contribution in [2.75, 3.05) is 0 Å². The molecule has 0 aromatic carbocycles. The quantitative estimate of drug-likeness (QED) is 0.417. The number of nitrogens with zero attached hydrogens (tertiary/aromatic N) is 1. The van der Waals surface area contributed by atoms with Crippen LogP contribution in [0.2, 0.25) is 0 Å². The van der Waals surface area contributed by atoms with E-state index in [4.69, 9.17) is 5.11 Å². The molecular weight excluding hydrogens is 241 g/mol. The Morgan fingerprint density at radius 3 is 2.60 bits per heavy atom. The molecule has 1 aromatic heterocycles. The summed E-state index contributed by atoms with van der Waals surface area (Å²) in [5.41, 5.74) is 0.928. The Labute approximate surface area is 77.5 Å². The molecule has 0 amide bonds. The molecule has 2 nitrogen and oxygen atoms in total. The molecule has 0 fully saturated rings. The lowest BCUT2D eigenvalue weighted by Crippen LogP contribution is -3.00. The third kappa shape index (κ3) is 2.22. The Balaban J connectivity index is 0.000000810. The van der Waals surface area contributed by atoms with Gasteiger partial charge in [0.2, 0.25) is 5.69 Å². The highest BCUT2D eigenvalue weighted by molar-refractivity contribution is 4.95. The van der Waals surface area contributed by atoms with Crippen molar-refractivity contribution in [1.29, 1.82) is 0 Å². The second-order valence-electron chi connectivity index (χ2n) is 1.96. The lowest BCUT2D eigenvalue weighted by atomic mass is 10.3. The first-order valence-corrected chi connectivity index (χ1v) is 2.89. The van der Waals surface area contributed by atoms with Crippen LogP contribution in [0, 0.1) is 0 Å². The van der Waals surface area contributed by atoms with Gasteiger partial charge in [0.1, 0.15) is 13.7 Å². The van der Waals surface area contributed by atoms with Gasteiger partial charge in [0.05, 0.1) is 0 Å². The lowest BCUT2D eigenvalue weighted by molar-refractivity contribution is -0.681. The van der Waals surface area contributed by atoms with Crippen LogP contribution in [0.5, 0.6) is 0 Å². The fourth-order valence-electron chi connectivity index (χ4n) is 0.723. The summed E-state index contributed by atoms with van der Waals surface area (Å²) in [5, 5.41) is 8.70. The summed E-state index contributed by atoms with van der Waals surface area (Å²) in [4.78, 5) is 0. The van der Waals surface area contributed by atoms with E-state index in [1.54, 1.807) is 0 Å². The van der Waals surface area contributed by atoms with Gasteiger partial charge < -0.3 is 29.1 Å². The van der Waals surface area contributed by atoms with Gasteiger partial charge in [-0.05, 0) is 0 Å². The number of pyridine rings is 1. The van der Waals surface area contributed by atoms with Gasteiger partial charge in [-0.15, -0.1) is 0 Å². The molecule has 3 heteroatoms. The predicted octanol–water partition coefficient (Wildman–Crippen LogP) is -2.99. The first-order chi connectivity index (χ1) is 4.34. The van der Waals surface area contributed by atoms with Crippen LogP contribution >= 0.6 is 0 Å². The van der Waals surface area contributed by atoms with Gasteiger partial charge in [-0.2, -0.15) is 0 Å². The highest BCUT2D eigenvalue weighted by Crippen LogP contribution is 1.87. The summed E-state index contributed by atoms with van der Waals surface area (Å²) in [6.07, 6.45) is 1.91. The molecule has 0 aliphatic carbocycles. The van der Waals surface area contributed by atoms with Gasteiger partial charge >= 0.3 is 0 Å². The van der Waals surface area contributed by atoms with E-state index in [-0.39, 0.29) is 30.6 Å². The number of aliphatic hydroxyl groups is 1. The van der Waals surface area contributed by atoms with Gasteiger partial charge in [-0.3, -0.25) is 0 Å². The van der Waals surface area contributed by atoms with Gasteiger partial charge in [0.25, 0.3) is 0 Å². The van der Waals surface area contributed by atoms with Gasteiger partial charge in [0, 0.05) is 12.1 Å². The number of hydrogen-bond donors (Lipinski definition) is 1. The smallest absolute Gasteiger partial charge is 0.206 e. The molecule has 0 aliphatic rings. The molecule has 56 valence electrons. The highest BCUT2D eigenvalue weighted by Gasteiger charge is 1.98. The second kappa shape index (κ2) is 4.62. The summed E-state index contributed by atoms with van der Waals surface area (Å²) in [6, 6.07) is 5.73. The molecule has 1 N–H and O–H groups in total. The highest BCUT2D eigenvalue weighted by atomic mass is 127. The third-order valence-electron chi connectivity index (χ3n) is 1.32. The maximum Gasteiger partial charge on any atom is 0.206 e. The van der Waals surface area contributed by atoms with Crippen molar-refractivity contribution in [1.82, 2.24) is 0 Å². The van der Waals surface area contributed by atoms with E-state index in [9.17, 15) is 0 Å². The number of halogens is 1. The largest absolute Gasteiger partial charge is 1.00 e. The molecule has 0 atom stereocenters. The van der Waals surface area contributed by atoms with Crippen LogP contribution in [0.3, 0.4) is 0 Å². The maximum absolute atomic E-state index is 8.70. The van der Waals surface area contributed by atoms with Crippen molar-refractivity contribution >= 4 is 0 Å². The summed E-state index contributed by atoms with van der Waals surface area (Å²) < 4.78 is 1.89. The summed E-state index contributed by atoms with van der Waals surface area (Å²) in [7, 11) is 1.91. The Morgan fingerprint density at radius 2 is 2.20 bits per heavy atom. The monoisotopic (exact) mass is 251 g/mol. The summed E-state index contributed by atoms with van der Waals surface area (Å²) in [6.45, 7) is 0.108. The average Bonchev–Trinajstić information content (AvgIpc) is 1.89. The van der Waals surface area contributed by atoms with Crippen LogP contribution in [0.15, 0.2) is 24.4 Å². The number of hydrogen-bond acceptors (Lipinski definition) is 1. The molecule has 0 spiro atoms. The summed E-state index contributed by atoms with van der Waals surface area (Å²) in [5.74, 6) is 0. The SMILES string of the molecule is C[n+]1ccccc1CO.[I-]. The zero-order valence-electron chi connectivity index (χ0n) is 5.79. The summed E-state index contributed by atoms with van der Waals surface area (Å²) >= 11 is 0. The minimum atomic E-state index is 0.